The SMILES string of the molecule is O=C(c1cccc(F)c1)N1CCC(c2nc(-c3nccs3)cc(=O)[nH]2)CC1. The van der Waals surface area contributed by atoms with Gasteiger partial charge in [-0.1, -0.05) is 6.07 Å². The quantitative estimate of drug-likeness (QED) is 0.753. The summed E-state index contributed by atoms with van der Waals surface area (Å²) in [6, 6.07) is 7.18. The zero-order chi connectivity index (χ0) is 18.8. The monoisotopic (exact) mass is 384 g/mol. The number of carbonyl (C=O) groups is 1. The van der Waals surface area contributed by atoms with Crippen molar-refractivity contribution >= 4 is 17.2 Å². The molecule has 27 heavy (non-hydrogen) atoms. The highest BCUT2D eigenvalue weighted by molar-refractivity contribution is 7.13. The normalized spacial score (nSPS) is 15.1. The molecular weight excluding hydrogens is 367 g/mol. The fourth-order valence-electron chi connectivity index (χ4n) is 3.29. The van der Waals surface area contributed by atoms with Crippen LogP contribution in [0, 0.1) is 5.82 Å². The van der Waals surface area contributed by atoms with E-state index in [0.29, 0.717) is 48.0 Å². The molecule has 1 N–H and O–H groups in total. The largest absolute Gasteiger partial charge is 0.339 e. The highest BCUT2D eigenvalue weighted by Crippen LogP contribution is 2.27. The molecule has 1 aliphatic rings. The Bertz CT molecular complexity index is 1010. The molecule has 1 aliphatic heterocycles. The third kappa shape index (κ3) is 3.80. The molecule has 3 heterocycles. The summed E-state index contributed by atoms with van der Waals surface area (Å²) in [6.07, 6.45) is 3.05. The van der Waals surface area contributed by atoms with Gasteiger partial charge in [-0.2, -0.15) is 0 Å². The summed E-state index contributed by atoms with van der Waals surface area (Å²) in [5, 5.41) is 2.55. The van der Waals surface area contributed by atoms with E-state index in [9.17, 15) is 14.0 Å². The smallest absolute Gasteiger partial charge is 0.253 e. The number of carbonyl (C=O) groups excluding carboxylic acids is 1. The van der Waals surface area contributed by atoms with Crippen molar-refractivity contribution in [3.63, 3.8) is 0 Å². The molecule has 6 nitrogen and oxygen atoms in total. The second-order valence-corrected chi connectivity index (χ2v) is 7.32. The van der Waals surface area contributed by atoms with E-state index in [1.807, 2.05) is 5.38 Å². The van der Waals surface area contributed by atoms with Crippen LogP contribution in [0.15, 0.2) is 46.7 Å². The van der Waals surface area contributed by atoms with Gasteiger partial charge in [-0.25, -0.2) is 14.4 Å². The first kappa shape index (κ1) is 17.5. The molecule has 0 spiro atoms. The number of halogens is 1. The summed E-state index contributed by atoms with van der Waals surface area (Å²) in [5.41, 5.74) is 0.719. The number of rotatable bonds is 3. The van der Waals surface area contributed by atoms with Crippen molar-refractivity contribution in [2.75, 3.05) is 13.1 Å². The fraction of sp³-hybridized carbons (Fsp3) is 0.263. The third-order valence-electron chi connectivity index (χ3n) is 4.65. The number of hydrogen-bond acceptors (Lipinski definition) is 5. The average Bonchev–Trinajstić information content (AvgIpc) is 3.22. The molecule has 138 valence electrons. The summed E-state index contributed by atoms with van der Waals surface area (Å²) < 4.78 is 13.4. The van der Waals surface area contributed by atoms with Crippen molar-refractivity contribution in [1.29, 1.82) is 0 Å². The summed E-state index contributed by atoms with van der Waals surface area (Å²) >= 11 is 1.43. The molecule has 1 amide bonds. The van der Waals surface area contributed by atoms with Crippen molar-refractivity contribution in [3.8, 4) is 10.7 Å². The molecule has 1 aromatic carbocycles. The van der Waals surface area contributed by atoms with Gasteiger partial charge < -0.3 is 9.88 Å². The molecule has 8 heteroatoms. The van der Waals surface area contributed by atoms with Crippen LogP contribution in [0.5, 0.6) is 0 Å². The molecule has 0 unspecified atom stereocenters. The van der Waals surface area contributed by atoms with E-state index in [0.717, 1.165) is 0 Å². The molecule has 0 bridgehead atoms. The lowest BCUT2D eigenvalue weighted by Gasteiger charge is -2.31. The number of nitrogens with one attached hydrogen (secondary N) is 1. The van der Waals surface area contributed by atoms with Gasteiger partial charge in [0, 0.05) is 42.2 Å². The van der Waals surface area contributed by atoms with Gasteiger partial charge in [0.05, 0.1) is 0 Å². The van der Waals surface area contributed by atoms with Crippen LogP contribution in [0.4, 0.5) is 4.39 Å². The summed E-state index contributed by atoms with van der Waals surface area (Å²) in [5.74, 6) is 0.0992. The summed E-state index contributed by atoms with van der Waals surface area (Å²) in [6.45, 7) is 1.07. The van der Waals surface area contributed by atoms with Crippen molar-refractivity contribution in [1.82, 2.24) is 19.9 Å². The molecule has 2 aromatic heterocycles. The van der Waals surface area contributed by atoms with Gasteiger partial charge in [0.25, 0.3) is 11.5 Å². The number of nitrogens with zero attached hydrogens (tertiary/aromatic N) is 3. The first-order valence-corrected chi connectivity index (χ1v) is 9.54. The Balaban J connectivity index is 1.48. The van der Waals surface area contributed by atoms with Crippen molar-refractivity contribution in [2.24, 2.45) is 0 Å². The molecule has 1 saturated heterocycles. The number of benzene rings is 1. The minimum atomic E-state index is -0.420. The van der Waals surface area contributed by atoms with Crippen LogP contribution >= 0.6 is 11.3 Å². The lowest BCUT2D eigenvalue weighted by molar-refractivity contribution is 0.0710. The lowest BCUT2D eigenvalue weighted by Crippen LogP contribution is -2.38. The minimum absolute atomic E-state index is 0.0640. The van der Waals surface area contributed by atoms with E-state index in [1.54, 1.807) is 17.2 Å². The van der Waals surface area contributed by atoms with Crippen LogP contribution in [-0.4, -0.2) is 38.8 Å². The fourth-order valence-corrected chi connectivity index (χ4v) is 3.89. The number of hydrogen-bond donors (Lipinski definition) is 1. The number of piperidine rings is 1. The topological polar surface area (TPSA) is 79.0 Å². The maximum atomic E-state index is 13.4. The number of aromatic amines is 1. The Morgan fingerprint density at radius 1 is 1.26 bits per heavy atom. The molecule has 1 fully saturated rings. The standard InChI is InChI=1S/C19H17FN4O2S/c20-14-3-1-2-13(10-14)19(26)24-7-4-12(5-8-24)17-22-15(11-16(25)23-17)18-21-6-9-27-18/h1-3,6,9-12H,4-5,7-8H2,(H,22,23,25). The van der Waals surface area contributed by atoms with E-state index in [4.69, 9.17) is 0 Å². The van der Waals surface area contributed by atoms with Gasteiger partial charge in [-0.3, -0.25) is 9.59 Å². The molecule has 0 radical (unpaired) electrons. The van der Waals surface area contributed by atoms with Crippen LogP contribution in [-0.2, 0) is 0 Å². The Labute approximate surface area is 158 Å². The molecule has 0 saturated carbocycles. The zero-order valence-corrected chi connectivity index (χ0v) is 15.2. The molecular formula is C19H17FN4O2S. The minimum Gasteiger partial charge on any atom is -0.339 e. The molecule has 4 rings (SSSR count). The number of aromatic nitrogens is 3. The predicted molar refractivity (Wildman–Crippen MR) is 100 cm³/mol. The number of likely N-dealkylation sites (tertiary alicyclic amines) is 1. The van der Waals surface area contributed by atoms with Crippen LogP contribution in [0.1, 0.15) is 34.9 Å². The first-order chi connectivity index (χ1) is 13.1. The molecule has 0 atom stereocenters. The Hall–Kier alpha value is -2.87. The number of thiazole rings is 1. The van der Waals surface area contributed by atoms with Gasteiger partial charge >= 0.3 is 0 Å². The summed E-state index contributed by atoms with van der Waals surface area (Å²) in [4.78, 5) is 37.9. The molecule has 3 aromatic rings. The number of H-pyrrole nitrogens is 1. The van der Waals surface area contributed by atoms with Gasteiger partial charge in [-0.05, 0) is 31.0 Å². The van der Waals surface area contributed by atoms with Crippen molar-refractivity contribution in [3.05, 3.63) is 69.5 Å². The van der Waals surface area contributed by atoms with Gasteiger partial charge in [0.1, 0.15) is 22.3 Å². The second-order valence-electron chi connectivity index (χ2n) is 6.43. The third-order valence-corrected chi connectivity index (χ3v) is 5.45. The Morgan fingerprint density at radius 2 is 2.07 bits per heavy atom. The van der Waals surface area contributed by atoms with Crippen LogP contribution in [0.3, 0.4) is 0 Å². The highest BCUT2D eigenvalue weighted by atomic mass is 32.1. The van der Waals surface area contributed by atoms with Gasteiger partial charge in [0.2, 0.25) is 0 Å². The van der Waals surface area contributed by atoms with Crippen molar-refractivity contribution in [2.45, 2.75) is 18.8 Å². The number of amides is 1. The van der Waals surface area contributed by atoms with E-state index in [2.05, 4.69) is 15.0 Å². The highest BCUT2D eigenvalue weighted by Gasteiger charge is 2.26. The van der Waals surface area contributed by atoms with Crippen LogP contribution in [0.2, 0.25) is 0 Å². The maximum absolute atomic E-state index is 13.4. The maximum Gasteiger partial charge on any atom is 0.253 e. The lowest BCUT2D eigenvalue weighted by atomic mass is 9.95. The summed E-state index contributed by atoms with van der Waals surface area (Å²) in [7, 11) is 0. The second kappa shape index (κ2) is 7.40. The van der Waals surface area contributed by atoms with Gasteiger partial charge in [0.15, 0.2) is 0 Å². The van der Waals surface area contributed by atoms with E-state index >= 15 is 0 Å². The Morgan fingerprint density at radius 3 is 2.78 bits per heavy atom. The van der Waals surface area contributed by atoms with E-state index in [-0.39, 0.29) is 17.4 Å². The van der Waals surface area contributed by atoms with E-state index in [1.165, 1.54) is 35.6 Å². The zero-order valence-electron chi connectivity index (χ0n) is 14.4. The van der Waals surface area contributed by atoms with E-state index < -0.39 is 5.82 Å². The Kier molecular flexibility index (Phi) is 4.81. The predicted octanol–water partition coefficient (Wildman–Crippen LogP) is 3.05. The average molecular weight is 384 g/mol. The van der Waals surface area contributed by atoms with Gasteiger partial charge in [-0.15, -0.1) is 11.3 Å². The van der Waals surface area contributed by atoms with Crippen molar-refractivity contribution < 1.29 is 9.18 Å². The first-order valence-electron chi connectivity index (χ1n) is 8.66. The van der Waals surface area contributed by atoms with Crippen LogP contribution < -0.4 is 5.56 Å². The molecule has 0 aliphatic carbocycles. The van der Waals surface area contributed by atoms with Crippen LogP contribution in [0.25, 0.3) is 10.7 Å².